The van der Waals surface area contributed by atoms with E-state index >= 15 is 0 Å². The Balaban J connectivity index is 1.36. The summed E-state index contributed by atoms with van der Waals surface area (Å²) in [5.74, 6) is 0.916. The van der Waals surface area contributed by atoms with E-state index in [1.54, 1.807) is 4.57 Å². The van der Waals surface area contributed by atoms with Crippen molar-refractivity contribution >= 4 is 39.2 Å². The normalized spacial score (nSPS) is 15.0. The first kappa shape index (κ1) is 23.0. The molecule has 1 aromatic carbocycles. The maximum absolute atomic E-state index is 13.0. The van der Waals surface area contributed by atoms with Gasteiger partial charge in [0.2, 0.25) is 5.91 Å². The summed E-state index contributed by atoms with van der Waals surface area (Å²) in [5.41, 5.74) is 2.04. The lowest BCUT2D eigenvalue weighted by Gasteiger charge is -2.34. The van der Waals surface area contributed by atoms with Crippen LogP contribution in [-0.4, -0.2) is 57.2 Å². The first-order chi connectivity index (χ1) is 15.5. The minimum Gasteiger partial charge on any atom is -0.339 e. The van der Waals surface area contributed by atoms with Crippen molar-refractivity contribution in [1.29, 1.82) is 0 Å². The molecule has 0 unspecified atom stereocenters. The third kappa shape index (κ3) is 5.60. The molecule has 1 aliphatic heterocycles. The van der Waals surface area contributed by atoms with E-state index in [2.05, 4.69) is 43.0 Å². The van der Waals surface area contributed by atoms with Gasteiger partial charge < -0.3 is 4.90 Å². The fourth-order valence-electron chi connectivity index (χ4n) is 3.83. The van der Waals surface area contributed by atoms with Crippen LogP contribution in [-0.2, 0) is 17.9 Å². The lowest BCUT2D eigenvalue weighted by atomic mass is 10.1. The molecule has 0 aliphatic carbocycles. The van der Waals surface area contributed by atoms with Crippen LogP contribution < -0.4 is 5.56 Å². The summed E-state index contributed by atoms with van der Waals surface area (Å²) >= 11 is 2.82. The van der Waals surface area contributed by atoms with E-state index in [0.717, 1.165) is 44.7 Å². The summed E-state index contributed by atoms with van der Waals surface area (Å²) < 4.78 is 2.45. The van der Waals surface area contributed by atoms with Crippen molar-refractivity contribution in [2.24, 2.45) is 5.92 Å². The number of thiophene rings is 1. The first-order valence-corrected chi connectivity index (χ1v) is 13.0. The van der Waals surface area contributed by atoms with Gasteiger partial charge in [0.05, 0.1) is 11.3 Å². The topological polar surface area (TPSA) is 58.4 Å². The van der Waals surface area contributed by atoms with Gasteiger partial charge in [0, 0.05) is 39.3 Å². The number of amides is 1. The lowest BCUT2D eigenvalue weighted by Crippen LogP contribution is -2.48. The zero-order valence-electron chi connectivity index (χ0n) is 18.7. The Kier molecular flexibility index (Phi) is 7.65. The molecule has 1 amide bonds. The third-order valence-corrected chi connectivity index (χ3v) is 7.61. The number of benzene rings is 1. The molecule has 0 saturated carbocycles. The van der Waals surface area contributed by atoms with Gasteiger partial charge in [-0.1, -0.05) is 55.9 Å². The predicted molar refractivity (Wildman–Crippen MR) is 132 cm³/mol. The van der Waals surface area contributed by atoms with E-state index in [9.17, 15) is 9.59 Å². The maximum atomic E-state index is 13.0. The highest BCUT2D eigenvalue weighted by molar-refractivity contribution is 7.99. The molecule has 0 N–H and O–H groups in total. The number of carbonyl (C=O) groups is 1. The second kappa shape index (κ2) is 10.6. The summed E-state index contributed by atoms with van der Waals surface area (Å²) in [4.78, 5) is 34.9. The van der Waals surface area contributed by atoms with Crippen molar-refractivity contribution in [3.8, 4) is 0 Å². The molecule has 6 nitrogen and oxygen atoms in total. The Morgan fingerprint density at radius 1 is 1.12 bits per heavy atom. The molecule has 0 atom stereocenters. The van der Waals surface area contributed by atoms with Gasteiger partial charge in [-0.3, -0.25) is 19.1 Å². The molecule has 2 aromatic heterocycles. The monoisotopic (exact) mass is 470 g/mol. The lowest BCUT2D eigenvalue weighted by molar-refractivity contribution is -0.130. The summed E-state index contributed by atoms with van der Waals surface area (Å²) in [6.07, 6.45) is 0.906. The minimum absolute atomic E-state index is 0.00938. The molecule has 32 heavy (non-hydrogen) atoms. The molecule has 170 valence electrons. The predicted octanol–water partition coefficient (Wildman–Crippen LogP) is 3.94. The number of thioether (sulfide) groups is 1. The van der Waals surface area contributed by atoms with Crippen LogP contribution in [0.3, 0.4) is 0 Å². The Morgan fingerprint density at radius 2 is 1.88 bits per heavy atom. The summed E-state index contributed by atoms with van der Waals surface area (Å²) in [6, 6.07) is 12.3. The van der Waals surface area contributed by atoms with E-state index in [1.165, 1.54) is 28.7 Å². The molecule has 1 fully saturated rings. The van der Waals surface area contributed by atoms with E-state index < -0.39 is 0 Å². The molecule has 1 aliphatic rings. The standard InChI is InChI=1S/C24H30N4O2S2/c1-18(2)8-10-28-23(30)22-20(9-15-31-22)25-24(28)32-17-21(29)27-13-11-26(12-14-27)16-19-6-4-3-5-7-19/h3-7,9,15,18H,8,10-14,16-17H2,1-2H3. The van der Waals surface area contributed by atoms with Crippen molar-refractivity contribution in [3.63, 3.8) is 0 Å². The SMILES string of the molecule is CC(C)CCn1c(SCC(=O)N2CCN(Cc3ccccc3)CC2)nc2ccsc2c1=O. The number of aromatic nitrogens is 2. The first-order valence-electron chi connectivity index (χ1n) is 11.2. The molecule has 4 rings (SSSR count). The van der Waals surface area contributed by atoms with Gasteiger partial charge in [0.15, 0.2) is 5.16 Å². The Morgan fingerprint density at radius 3 is 2.59 bits per heavy atom. The number of nitrogens with zero attached hydrogens (tertiary/aromatic N) is 4. The van der Waals surface area contributed by atoms with Crippen molar-refractivity contribution in [2.45, 2.75) is 38.5 Å². The highest BCUT2D eigenvalue weighted by atomic mass is 32.2. The highest BCUT2D eigenvalue weighted by Crippen LogP contribution is 2.22. The minimum atomic E-state index is 0.00938. The van der Waals surface area contributed by atoms with Gasteiger partial charge in [-0.05, 0) is 29.3 Å². The number of piperazine rings is 1. The van der Waals surface area contributed by atoms with Crippen LogP contribution in [0.2, 0.25) is 0 Å². The van der Waals surface area contributed by atoms with Crippen molar-refractivity contribution in [3.05, 3.63) is 57.7 Å². The molecule has 8 heteroatoms. The van der Waals surface area contributed by atoms with Crippen LogP contribution in [0.15, 0.2) is 51.7 Å². The van der Waals surface area contributed by atoms with Crippen LogP contribution in [0.4, 0.5) is 0 Å². The molecule has 3 heterocycles. The molecule has 3 aromatic rings. The Bertz CT molecular complexity index is 1100. The van der Waals surface area contributed by atoms with E-state index in [-0.39, 0.29) is 11.5 Å². The van der Waals surface area contributed by atoms with Gasteiger partial charge >= 0.3 is 0 Å². The Hall–Kier alpha value is -2.16. The van der Waals surface area contributed by atoms with Gasteiger partial charge in [-0.15, -0.1) is 11.3 Å². The largest absolute Gasteiger partial charge is 0.339 e. The molecule has 0 bridgehead atoms. The maximum Gasteiger partial charge on any atom is 0.272 e. The fourth-order valence-corrected chi connectivity index (χ4v) is 5.54. The summed E-state index contributed by atoms with van der Waals surface area (Å²) in [6.45, 7) is 9.09. The van der Waals surface area contributed by atoms with Gasteiger partial charge in [-0.2, -0.15) is 0 Å². The molecular weight excluding hydrogens is 440 g/mol. The van der Waals surface area contributed by atoms with Crippen LogP contribution in [0.5, 0.6) is 0 Å². The highest BCUT2D eigenvalue weighted by Gasteiger charge is 2.22. The van der Waals surface area contributed by atoms with Gasteiger partial charge in [0.25, 0.3) is 5.56 Å². The molecule has 0 spiro atoms. The van der Waals surface area contributed by atoms with Crippen molar-refractivity contribution in [1.82, 2.24) is 19.4 Å². The zero-order chi connectivity index (χ0) is 22.5. The zero-order valence-corrected chi connectivity index (χ0v) is 20.3. The smallest absolute Gasteiger partial charge is 0.272 e. The van der Waals surface area contributed by atoms with Crippen LogP contribution in [0, 0.1) is 5.92 Å². The van der Waals surface area contributed by atoms with Gasteiger partial charge in [0.1, 0.15) is 4.70 Å². The number of hydrogen-bond donors (Lipinski definition) is 0. The van der Waals surface area contributed by atoms with Crippen molar-refractivity contribution in [2.75, 3.05) is 31.9 Å². The van der Waals surface area contributed by atoms with Crippen molar-refractivity contribution < 1.29 is 4.79 Å². The fraction of sp³-hybridized carbons (Fsp3) is 0.458. The number of hydrogen-bond acceptors (Lipinski definition) is 6. The second-order valence-corrected chi connectivity index (χ2v) is 10.5. The second-order valence-electron chi connectivity index (χ2n) is 8.60. The molecule has 0 radical (unpaired) electrons. The quantitative estimate of drug-likeness (QED) is 0.369. The number of rotatable bonds is 8. The average Bonchev–Trinajstić information content (AvgIpc) is 3.27. The van der Waals surface area contributed by atoms with Crippen LogP contribution >= 0.6 is 23.1 Å². The van der Waals surface area contributed by atoms with Gasteiger partial charge in [-0.25, -0.2) is 4.98 Å². The average molecular weight is 471 g/mol. The van der Waals surface area contributed by atoms with Crippen LogP contribution in [0.1, 0.15) is 25.8 Å². The molecule has 1 saturated heterocycles. The van der Waals surface area contributed by atoms with Crippen LogP contribution in [0.25, 0.3) is 10.2 Å². The summed E-state index contributed by atoms with van der Waals surface area (Å²) in [7, 11) is 0. The van der Waals surface area contributed by atoms with E-state index in [0.29, 0.717) is 28.1 Å². The summed E-state index contributed by atoms with van der Waals surface area (Å²) in [5, 5.41) is 2.55. The van der Waals surface area contributed by atoms with E-state index in [4.69, 9.17) is 4.98 Å². The Labute approximate surface area is 197 Å². The number of fused-ring (bicyclic) bond motifs is 1. The third-order valence-electron chi connectivity index (χ3n) is 5.76. The molecular formula is C24H30N4O2S2. The number of carbonyl (C=O) groups excluding carboxylic acids is 1. The van der Waals surface area contributed by atoms with E-state index in [1.807, 2.05) is 22.4 Å².